The molecule has 10 atom stereocenters. The van der Waals surface area contributed by atoms with Gasteiger partial charge in [0.1, 0.15) is 0 Å². The SMILES string of the molecule is COC1C[C@H]2[C@@H]3CC[C@H]([C@H](C)CCc4cscn4)[C@@]3(C)CC[C@@H]2[C@@]2(C)CC[C@@H]3CC132. The minimum atomic E-state index is 0.541. The average molecular weight is 428 g/mol. The van der Waals surface area contributed by atoms with Crippen LogP contribution in [-0.2, 0) is 11.2 Å². The van der Waals surface area contributed by atoms with E-state index in [1.165, 1.54) is 69.9 Å². The Hall–Kier alpha value is -0.410. The van der Waals surface area contributed by atoms with E-state index < -0.39 is 0 Å². The zero-order chi connectivity index (χ0) is 20.7. The summed E-state index contributed by atoms with van der Waals surface area (Å²) in [5.41, 5.74) is 4.99. The van der Waals surface area contributed by atoms with Gasteiger partial charge in [-0.3, -0.25) is 0 Å². The number of methoxy groups -OCH3 is 1. The van der Waals surface area contributed by atoms with E-state index in [1.54, 1.807) is 11.3 Å². The van der Waals surface area contributed by atoms with Crippen LogP contribution in [0.3, 0.4) is 0 Å². The highest BCUT2D eigenvalue weighted by Gasteiger charge is 2.77. The molecule has 2 nitrogen and oxygen atoms in total. The van der Waals surface area contributed by atoms with Crippen LogP contribution < -0.4 is 0 Å². The molecule has 0 N–H and O–H groups in total. The molecule has 1 aromatic heterocycles. The van der Waals surface area contributed by atoms with Gasteiger partial charge in [0.15, 0.2) is 0 Å². The van der Waals surface area contributed by atoms with Gasteiger partial charge < -0.3 is 4.74 Å². The minimum Gasteiger partial charge on any atom is -0.381 e. The van der Waals surface area contributed by atoms with E-state index in [4.69, 9.17) is 4.74 Å². The number of hydrogen-bond donors (Lipinski definition) is 0. The van der Waals surface area contributed by atoms with Crippen LogP contribution in [-0.4, -0.2) is 18.2 Å². The Morgan fingerprint density at radius 2 is 2.03 bits per heavy atom. The van der Waals surface area contributed by atoms with Crippen molar-refractivity contribution >= 4 is 11.3 Å². The lowest BCUT2D eigenvalue weighted by molar-refractivity contribution is -0.161. The highest BCUT2D eigenvalue weighted by atomic mass is 32.1. The third-order valence-corrected chi connectivity index (χ3v) is 12.6. The van der Waals surface area contributed by atoms with Gasteiger partial charge in [0.2, 0.25) is 0 Å². The van der Waals surface area contributed by atoms with Crippen LogP contribution in [0.25, 0.3) is 0 Å². The molecule has 0 aromatic carbocycles. The molecule has 5 fully saturated rings. The van der Waals surface area contributed by atoms with Gasteiger partial charge in [0.25, 0.3) is 0 Å². The summed E-state index contributed by atoms with van der Waals surface area (Å²) in [6.07, 6.45) is 14.8. The minimum absolute atomic E-state index is 0.541. The van der Waals surface area contributed by atoms with Gasteiger partial charge >= 0.3 is 0 Å². The molecule has 0 aliphatic heterocycles. The Morgan fingerprint density at radius 1 is 1.17 bits per heavy atom. The number of fused-ring (bicyclic) bond motifs is 4. The first kappa shape index (κ1) is 20.2. The van der Waals surface area contributed by atoms with Gasteiger partial charge in [0, 0.05) is 17.9 Å². The maximum absolute atomic E-state index is 6.29. The molecule has 0 amide bonds. The lowest BCUT2D eigenvalue weighted by Gasteiger charge is -2.61. The summed E-state index contributed by atoms with van der Waals surface area (Å²) in [7, 11) is 2.02. The molecule has 1 spiro atoms. The summed E-state index contributed by atoms with van der Waals surface area (Å²) in [6.45, 7) is 7.96. The predicted octanol–water partition coefficient (Wildman–Crippen LogP) is 7.00. The molecule has 2 unspecified atom stereocenters. The molecule has 1 aromatic rings. The number of ether oxygens (including phenoxy) is 1. The molecule has 5 aliphatic carbocycles. The molecular weight excluding hydrogens is 386 g/mol. The number of aryl methyl sites for hydroxylation is 1. The molecular formula is C27H41NOS. The van der Waals surface area contributed by atoms with Gasteiger partial charge in [0.05, 0.1) is 17.3 Å². The topological polar surface area (TPSA) is 22.1 Å². The third kappa shape index (κ3) is 2.49. The first-order chi connectivity index (χ1) is 14.4. The van der Waals surface area contributed by atoms with Crippen molar-refractivity contribution in [1.29, 1.82) is 0 Å². The number of hydrogen-bond acceptors (Lipinski definition) is 3. The van der Waals surface area contributed by atoms with E-state index >= 15 is 0 Å². The van der Waals surface area contributed by atoms with Gasteiger partial charge in [-0.15, -0.1) is 11.3 Å². The Balaban J connectivity index is 1.23. The van der Waals surface area contributed by atoms with Crippen molar-refractivity contribution in [3.05, 3.63) is 16.6 Å². The lowest BCUT2D eigenvalue weighted by atomic mass is 9.45. The quantitative estimate of drug-likeness (QED) is 0.505. The second-order valence-electron chi connectivity index (χ2n) is 12.5. The predicted molar refractivity (Wildman–Crippen MR) is 123 cm³/mol. The Bertz CT molecular complexity index is 793. The van der Waals surface area contributed by atoms with Crippen molar-refractivity contribution in [2.24, 2.45) is 51.8 Å². The lowest BCUT2D eigenvalue weighted by Crippen LogP contribution is -2.57. The molecule has 1 heterocycles. The Labute approximate surface area is 187 Å². The number of thiazole rings is 1. The third-order valence-electron chi connectivity index (χ3n) is 11.9. The van der Waals surface area contributed by atoms with Crippen LogP contribution in [0, 0.1) is 51.8 Å². The molecule has 0 bridgehead atoms. The van der Waals surface area contributed by atoms with Crippen molar-refractivity contribution in [2.45, 2.75) is 91.1 Å². The maximum Gasteiger partial charge on any atom is 0.0794 e. The normalized spacial score (nSPS) is 52.3. The fraction of sp³-hybridized carbons (Fsp3) is 0.889. The van der Waals surface area contributed by atoms with Crippen LogP contribution >= 0.6 is 11.3 Å². The monoisotopic (exact) mass is 427 g/mol. The maximum atomic E-state index is 6.29. The van der Waals surface area contributed by atoms with Crippen molar-refractivity contribution in [1.82, 2.24) is 4.98 Å². The highest BCUT2D eigenvalue weighted by molar-refractivity contribution is 7.07. The van der Waals surface area contributed by atoms with E-state index in [9.17, 15) is 0 Å². The van der Waals surface area contributed by atoms with Crippen molar-refractivity contribution < 1.29 is 4.74 Å². The van der Waals surface area contributed by atoms with Gasteiger partial charge in [-0.2, -0.15) is 0 Å². The van der Waals surface area contributed by atoms with Gasteiger partial charge in [-0.25, -0.2) is 4.98 Å². The molecule has 5 aliphatic rings. The standard InChI is InChI=1S/C27H41NOS/c1-17(5-6-19-15-30-16-28-19)21-7-8-22-20-13-24(29-4)27-14-18(27)9-12-26(27,3)23(20)10-11-25(21,22)2/h15-18,20-24H,5-14H2,1-4H3/t17-,18-,20+,21-,22+,23+,24?,25-,26-,27?/m1/s1. The summed E-state index contributed by atoms with van der Waals surface area (Å²) < 4.78 is 6.29. The van der Waals surface area contributed by atoms with Crippen LogP contribution in [0.1, 0.15) is 84.3 Å². The number of rotatable bonds is 5. The van der Waals surface area contributed by atoms with E-state index in [1.807, 2.05) is 12.6 Å². The van der Waals surface area contributed by atoms with Crippen LogP contribution in [0.5, 0.6) is 0 Å². The molecule has 3 heteroatoms. The summed E-state index contributed by atoms with van der Waals surface area (Å²) in [5, 5.41) is 2.24. The van der Waals surface area contributed by atoms with E-state index in [0.29, 0.717) is 22.3 Å². The number of nitrogens with zero attached hydrogens (tertiary/aromatic N) is 1. The first-order valence-electron chi connectivity index (χ1n) is 12.8. The van der Waals surface area contributed by atoms with Crippen LogP contribution in [0.2, 0.25) is 0 Å². The first-order valence-corrected chi connectivity index (χ1v) is 13.8. The van der Waals surface area contributed by atoms with E-state index in [2.05, 4.69) is 31.1 Å². The summed E-state index contributed by atoms with van der Waals surface area (Å²) in [5.74, 6) is 5.54. The number of aromatic nitrogens is 1. The van der Waals surface area contributed by atoms with Crippen LogP contribution in [0.15, 0.2) is 10.9 Å². The Kier molecular flexibility index (Phi) is 4.58. The molecule has 6 rings (SSSR count). The molecule has 0 saturated heterocycles. The average Bonchev–Trinajstić information content (AvgIpc) is 3.05. The van der Waals surface area contributed by atoms with Gasteiger partial charge in [-0.05, 0) is 111 Å². The summed E-state index contributed by atoms with van der Waals surface area (Å²) >= 11 is 1.74. The van der Waals surface area contributed by atoms with Crippen molar-refractivity contribution in [3.8, 4) is 0 Å². The highest BCUT2D eigenvalue weighted by Crippen LogP contribution is 2.82. The zero-order valence-corrected chi connectivity index (χ0v) is 20.3. The molecule has 166 valence electrons. The second kappa shape index (κ2) is 6.80. The van der Waals surface area contributed by atoms with Crippen LogP contribution in [0.4, 0.5) is 0 Å². The molecule has 5 saturated carbocycles. The van der Waals surface area contributed by atoms with Crippen molar-refractivity contribution in [3.63, 3.8) is 0 Å². The molecule has 30 heavy (non-hydrogen) atoms. The Morgan fingerprint density at radius 3 is 2.77 bits per heavy atom. The fourth-order valence-corrected chi connectivity index (χ4v) is 11.1. The fourth-order valence-electron chi connectivity index (χ4n) is 10.5. The zero-order valence-electron chi connectivity index (χ0n) is 19.5. The summed E-state index contributed by atoms with van der Waals surface area (Å²) in [4.78, 5) is 4.54. The van der Waals surface area contributed by atoms with E-state index in [0.717, 1.165) is 35.5 Å². The summed E-state index contributed by atoms with van der Waals surface area (Å²) in [6, 6.07) is 0. The van der Waals surface area contributed by atoms with E-state index in [-0.39, 0.29) is 0 Å². The second-order valence-corrected chi connectivity index (χ2v) is 13.2. The largest absolute Gasteiger partial charge is 0.381 e. The molecule has 0 radical (unpaired) electrons. The van der Waals surface area contributed by atoms with Crippen molar-refractivity contribution in [2.75, 3.05) is 7.11 Å². The smallest absolute Gasteiger partial charge is 0.0794 e. The van der Waals surface area contributed by atoms with Gasteiger partial charge in [-0.1, -0.05) is 20.8 Å².